The van der Waals surface area contributed by atoms with Gasteiger partial charge >= 0.3 is 0 Å². The summed E-state index contributed by atoms with van der Waals surface area (Å²) in [7, 11) is -3.69. The first-order chi connectivity index (χ1) is 13.9. The second-order valence-electron chi connectivity index (χ2n) is 6.45. The van der Waals surface area contributed by atoms with Gasteiger partial charge in [0.25, 0.3) is 5.91 Å². The normalized spacial score (nSPS) is 11.4. The van der Waals surface area contributed by atoms with E-state index in [1.165, 1.54) is 24.3 Å². The summed E-state index contributed by atoms with van der Waals surface area (Å²) in [4.78, 5) is 12.1. The van der Waals surface area contributed by atoms with Crippen LogP contribution >= 0.6 is 0 Å². The molecule has 0 aliphatic rings. The van der Waals surface area contributed by atoms with E-state index in [0.717, 1.165) is 11.1 Å². The highest BCUT2D eigenvalue weighted by Crippen LogP contribution is 2.22. The molecule has 0 heterocycles. The standard InChI is InChI=1S/C22H21FN2O3S/c23-20-13-11-19(12-14-20)22(26)24-15-16-29(27,28)25-21(17-7-3-1-4-8-17)18-9-5-2-6-10-18/h1-14,21,25H,15-16H2,(H,24,26). The van der Waals surface area contributed by atoms with Crippen molar-refractivity contribution in [3.63, 3.8) is 0 Å². The lowest BCUT2D eigenvalue weighted by atomic mass is 10.00. The largest absolute Gasteiger partial charge is 0.351 e. The van der Waals surface area contributed by atoms with Gasteiger partial charge in [-0.25, -0.2) is 17.5 Å². The number of benzene rings is 3. The van der Waals surface area contributed by atoms with Gasteiger partial charge in [0.15, 0.2) is 0 Å². The zero-order valence-corrected chi connectivity index (χ0v) is 16.4. The fourth-order valence-electron chi connectivity index (χ4n) is 2.86. The maximum Gasteiger partial charge on any atom is 0.251 e. The second kappa shape index (κ2) is 9.45. The molecule has 3 aromatic carbocycles. The Labute approximate surface area is 169 Å². The third-order valence-corrected chi connectivity index (χ3v) is 5.66. The summed E-state index contributed by atoms with van der Waals surface area (Å²) in [6.07, 6.45) is 0. The van der Waals surface area contributed by atoms with E-state index in [2.05, 4.69) is 10.0 Å². The van der Waals surface area contributed by atoms with E-state index in [-0.39, 0.29) is 17.9 Å². The summed E-state index contributed by atoms with van der Waals surface area (Å²) in [5.74, 6) is -1.18. The van der Waals surface area contributed by atoms with E-state index >= 15 is 0 Å². The fourth-order valence-corrected chi connectivity index (χ4v) is 3.98. The van der Waals surface area contributed by atoms with Crippen LogP contribution < -0.4 is 10.0 Å². The zero-order chi connectivity index (χ0) is 20.7. The molecule has 0 aromatic heterocycles. The van der Waals surface area contributed by atoms with Crippen LogP contribution in [-0.4, -0.2) is 26.6 Å². The molecule has 29 heavy (non-hydrogen) atoms. The molecule has 3 aromatic rings. The molecule has 0 fully saturated rings. The Bertz CT molecular complexity index is 1000. The minimum absolute atomic E-state index is 0.0676. The monoisotopic (exact) mass is 412 g/mol. The van der Waals surface area contributed by atoms with Crippen LogP contribution in [0, 0.1) is 5.82 Å². The third-order valence-electron chi connectivity index (χ3n) is 4.33. The zero-order valence-electron chi connectivity index (χ0n) is 15.6. The minimum Gasteiger partial charge on any atom is -0.351 e. The number of amides is 1. The topological polar surface area (TPSA) is 75.3 Å². The number of nitrogens with one attached hydrogen (secondary N) is 2. The van der Waals surface area contributed by atoms with Crippen molar-refractivity contribution in [2.24, 2.45) is 0 Å². The highest BCUT2D eigenvalue weighted by atomic mass is 32.2. The lowest BCUT2D eigenvalue weighted by molar-refractivity contribution is 0.0956. The Hall–Kier alpha value is -3.03. The SMILES string of the molecule is O=C(NCCS(=O)(=O)NC(c1ccccc1)c1ccccc1)c1ccc(F)cc1. The molecule has 3 rings (SSSR count). The Kier molecular flexibility index (Phi) is 6.74. The van der Waals surface area contributed by atoms with E-state index in [0.29, 0.717) is 0 Å². The maximum atomic E-state index is 12.9. The van der Waals surface area contributed by atoms with Crippen molar-refractivity contribution in [2.45, 2.75) is 6.04 Å². The first kappa shape index (κ1) is 20.7. The van der Waals surface area contributed by atoms with Gasteiger partial charge in [0.2, 0.25) is 10.0 Å². The minimum atomic E-state index is -3.69. The van der Waals surface area contributed by atoms with Crippen LogP contribution in [0.15, 0.2) is 84.9 Å². The smallest absolute Gasteiger partial charge is 0.251 e. The third kappa shape index (κ3) is 5.97. The lowest BCUT2D eigenvalue weighted by Gasteiger charge is -2.20. The first-order valence-electron chi connectivity index (χ1n) is 9.08. The van der Waals surface area contributed by atoms with Crippen LogP contribution in [0.3, 0.4) is 0 Å². The summed E-state index contributed by atoms with van der Waals surface area (Å²) < 4.78 is 40.9. The highest BCUT2D eigenvalue weighted by Gasteiger charge is 2.21. The van der Waals surface area contributed by atoms with Gasteiger partial charge in [0.05, 0.1) is 11.8 Å². The van der Waals surface area contributed by atoms with Crippen LogP contribution in [0.4, 0.5) is 4.39 Å². The average Bonchev–Trinajstić information content (AvgIpc) is 2.73. The number of sulfonamides is 1. The van der Waals surface area contributed by atoms with Crippen molar-refractivity contribution in [2.75, 3.05) is 12.3 Å². The van der Waals surface area contributed by atoms with Crippen LogP contribution in [-0.2, 0) is 10.0 Å². The molecule has 0 aliphatic heterocycles. The van der Waals surface area contributed by atoms with Crippen LogP contribution in [0.2, 0.25) is 0 Å². The first-order valence-corrected chi connectivity index (χ1v) is 10.7. The summed E-state index contributed by atoms with van der Waals surface area (Å²) in [6, 6.07) is 23.1. The molecule has 0 radical (unpaired) electrons. The quantitative estimate of drug-likeness (QED) is 0.596. The van der Waals surface area contributed by atoms with Crippen molar-refractivity contribution in [1.29, 1.82) is 0 Å². The molecule has 1 amide bonds. The summed E-state index contributed by atoms with van der Waals surface area (Å²) in [6.45, 7) is -0.0676. The number of carbonyl (C=O) groups is 1. The van der Waals surface area contributed by atoms with Crippen LogP contribution in [0.5, 0.6) is 0 Å². The summed E-state index contributed by atoms with van der Waals surface area (Å²) in [5, 5.41) is 2.55. The van der Waals surface area contributed by atoms with Crippen LogP contribution in [0.25, 0.3) is 0 Å². The molecule has 7 heteroatoms. The van der Waals surface area contributed by atoms with E-state index in [4.69, 9.17) is 0 Å². The van der Waals surface area contributed by atoms with Gasteiger partial charge in [-0.1, -0.05) is 60.7 Å². The predicted octanol–water partition coefficient (Wildman–Crippen LogP) is 3.26. The lowest BCUT2D eigenvalue weighted by Crippen LogP contribution is -2.36. The molecule has 0 saturated carbocycles. The average molecular weight is 412 g/mol. The van der Waals surface area contributed by atoms with Gasteiger partial charge in [-0.3, -0.25) is 4.79 Å². The van der Waals surface area contributed by atoms with Gasteiger partial charge in [-0.2, -0.15) is 0 Å². The molecule has 0 saturated heterocycles. The summed E-state index contributed by atoms with van der Waals surface area (Å²) >= 11 is 0. The maximum absolute atomic E-state index is 12.9. The molecule has 0 unspecified atom stereocenters. The van der Waals surface area contributed by atoms with Crippen molar-refractivity contribution >= 4 is 15.9 Å². The van der Waals surface area contributed by atoms with Crippen LogP contribution in [0.1, 0.15) is 27.5 Å². The van der Waals surface area contributed by atoms with Gasteiger partial charge in [-0.15, -0.1) is 0 Å². The molecular formula is C22H21FN2O3S. The number of carbonyl (C=O) groups excluding carboxylic acids is 1. The van der Waals surface area contributed by atoms with Gasteiger partial charge in [0.1, 0.15) is 5.82 Å². The van der Waals surface area contributed by atoms with Gasteiger partial charge < -0.3 is 5.32 Å². The summed E-state index contributed by atoms with van der Waals surface area (Å²) in [5.41, 5.74) is 1.90. The Balaban J connectivity index is 1.66. The molecule has 0 bridgehead atoms. The molecule has 5 nitrogen and oxygen atoms in total. The van der Waals surface area contributed by atoms with E-state index in [9.17, 15) is 17.6 Å². The number of halogens is 1. The number of hydrogen-bond donors (Lipinski definition) is 2. The van der Waals surface area contributed by atoms with E-state index in [1.54, 1.807) is 0 Å². The molecule has 0 spiro atoms. The van der Waals surface area contributed by atoms with Gasteiger partial charge in [0, 0.05) is 12.1 Å². The Morgan fingerprint density at radius 2 is 1.34 bits per heavy atom. The Morgan fingerprint density at radius 1 is 0.828 bits per heavy atom. The van der Waals surface area contributed by atoms with Crippen molar-refractivity contribution in [1.82, 2.24) is 10.0 Å². The van der Waals surface area contributed by atoms with Gasteiger partial charge in [-0.05, 0) is 35.4 Å². The van der Waals surface area contributed by atoms with E-state index in [1.807, 2.05) is 60.7 Å². The van der Waals surface area contributed by atoms with Crippen molar-refractivity contribution in [3.8, 4) is 0 Å². The molecular weight excluding hydrogens is 391 g/mol. The van der Waals surface area contributed by atoms with Crippen molar-refractivity contribution < 1.29 is 17.6 Å². The number of rotatable bonds is 8. The Morgan fingerprint density at radius 3 is 1.86 bits per heavy atom. The molecule has 150 valence electrons. The fraction of sp³-hybridized carbons (Fsp3) is 0.136. The van der Waals surface area contributed by atoms with Crippen molar-refractivity contribution in [3.05, 3.63) is 107 Å². The molecule has 0 atom stereocenters. The number of hydrogen-bond acceptors (Lipinski definition) is 3. The molecule has 2 N–H and O–H groups in total. The second-order valence-corrected chi connectivity index (χ2v) is 8.33. The predicted molar refractivity (Wildman–Crippen MR) is 110 cm³/mol. The highest BCUT2D eigenvalue weighted by molar-refractivity contribution is 7.89. The molecule has 0 aliphatic carbocycles. The van der Waals surface area contributed by atoms with E-state index < -0.39 is 27.8 Å².